The van der Waals surface area contributed by atoms with Crippen LogP contribution < -0.4 is 5.56 Å². The Morgan fingerprint density at radius 2 is 1.97 bits per heavy atom. The van der Waals surface area contributed by atoms with Gasteiger partial charge < -0.3 is 15.0 Å². The number of nitrogens with one attached hydrogen (secondary N) is 1. The second-order valence-corrected chi connectivity index (χ2v) is 7.56. The molecule has 2 N–H and O–H groups in total. The Morgan fingerprint density at radius 1 is 1.27 bits per heavy atom. The number of halogens is 4. The zero-order valence-electron chi connectivity index (χ0n) is 15.8. The Hall–Kier alpha value is -2.84. The molecule has 1 aliphatic rings. The van der Waals surface area contributed by atoms with Crippen molar-refractivity contribution in [3.63, 3.8) is 0 Å². The molecule has 1 unspecified atom stereocenters. The largest absolute Gasteiger partial charge is 0.416 e. The summed E-state index contributed by atoms with van der Waals surface area (Å²) in [6.45, 7) is 1.32. The first kappa shape index (κ1) is 20.4. The zero-order valence-corrected chi connectivity index (χ0v) is 16.6. The van der Waals surface area contributed by atoms with Gasteiger partial charge in [-0.15, -0.1) is 0 Å². The number of alkyl halides is 3. The topological polar surface area (TPSA) is 69.2 Å². The van der Waals surface area contributed by atoms with Gasteiger partial charge >= 0.3 is 6.18 Å². The minimum absolute atomic E-state index is 0.142. The van der Waals surface area contributed by atoms with E-state index in [1.165, 1.54) is 11.0 Å². The molecule has 3 heterocycles. The number of H-pyrrole nitrogens is 1. The summed E-state index contributed by atoms with van der Waals surface area (Å²) in [5, 5.41) is 10.6. The maximum absolute atomic E-state index is 13.1. The third-order valence-electron chi connectivity index (χ3n) is 5.18. The quantitative estimate of drug-likeness (QED) is 0.647. The highest BCUT2D eigenvalue weighted by molar-refractivity contribution is 6.36. The summed E-state index contributed by atoms with van der Waals surface area (Å²) in [5.41, 5.74) is 3.62. The number of aliphatic hydroxyl groups excluding tert-OH is 1. The van der Waals surface area contributed by atoms with Crippen LogP contribution in [0.25, 0.3) is 22.2 Å². The summed E-state index contributed by atoms with van der Waals surface area (Å²) in [4.78, 5) is 20.0. The van der Waals surface area contributed by atoms with Crippen molar-refractivity contribution in [3.05, 3.63) is 74.8 Å². The molecule has 1 aromatic carbocycles. The fraction of sp³-hybridized carbons (Fsp3) is 0.238. The molecule has 0 bridgehead atoms. The smallest absolute Gasteiger partial charge is 0.382 e. The van der Waals surface area contributed by atoms with E-state index in [1.807, 2.05) is 0 Å². The summed E-state index contributed by atoms with van der Waals surface area (Å²) in [6.07, 6.45) is -4.12. The van der Waals surface area contributed by atoms with Gasteiger partial charge in [0.25, 0.3) is 0 Å². The van der Waals surface area contributed by atoms with Crippen LogP contribution in [0.15, 0.2) is 47.5 Å². The molecule has 156 valence electrons. The number of fused-ring (bicyclic) bond motifs is 3. The summed E-state index contributed by atoms with van der Waals surface area (Å²) in [7, 11) is 0. The lowest BCUT2D eigenvalue weighted by atomic mass is 9.88. The standard InChI is InChI=1S/C21H17ClF3N3O2/c1-11-18-13(2-3-15-19(18)14(22)8-17(30)27-15)9-28(10-16(29)21(23,24)25)20(11)12-4-6-26-7-5-12/h2-8,16,29H,9-10H2,1H3,(H,27,30). The highest BCUT2D eigenvalue weighted by Crippen LogP contribution is 2.42. The van der Waals surface area contributed by atoms with E-state index in [-0.39, 0.29) is 17.1 Å². The Balaban J connectivity index is 1.96. The first-order valence-electron chi connectivity index (χ1n) is 9.12. The van der Waals surface area contributed by atoms with Gasteiger partial charge in [0.15, 0.2) is 6.10 Å². The van der Waals surface area contributed by atoms with Crippen molar-refractivity contribution in [2.75, 3.05) is 6.54 Å². The maximum atomic E-state index is 13.1. The summed E-state index contributed by atoms with van der Waals surface area (Å²) >= 11 is 6.38. The monoisotopic (exact) mass is 435 g/mol. The molecule has 0 spiro atoms. The fourth-order valence-electron chi connectivity index (χ4n) is 3.93. The number of nitrogens with zero attached hydrogens (tertiary/aromatic N) is 2. The predicted molar refractivity (Wildman–Crippen MR) is 109 cm³/mol. The van der Waals surface area contributed by atoms with Gasteiger partial charge in [-0.25, -0.2) is 0 Å². The third kappa shape index (κ3) is 3.57. The molecule has 0 aliphatic carbocycles. The van der Waals surface area contributed by atoms with E-state index in [0.29, 0.717) is 27.7 Å². The SMILES string of the molecule is CC1=C(c2ccncc2)N(CC(O)C(F)(F)F)Cc2ccc3[nH]c(=O)cc(Cl)c3c21. The van der Waals surface area contributed by atoms with E-state index >= 15 is 0 Å². The molecule has 0 radical (unpaired) electrons. The van der Waals surface area contributed by atoms with Gasteiger partial charge in [-0.1, -0.05) is 17.7 Å². The van der Waals surface area contributed by atoms with Gasteiger partial charge in [0.1, 0.15) is 0 Å². The van der Waals surface area contributed by atoms with E-state index in [1.54, 1.807) is 43.6 Å². The number of pyridine rings is 2. The van der Waals surface area contributed by atoms with Crippen LogP contribution in [0.3, 0.4) is 0 Å². The summed E-state index contributed by atoms with van der Waals surface area (Å²) < 4.78 is 39.2. The van der Waals surface area contributed by atoms with Crippen molar-refractivity contribution < 1.29 is 18.3 Å². The number of aromatic nitrogens is 2. The molecular formula is C21H17ClF3N3O2. The highest BCUT2D eigenvalue weighted by Gasteiger charge is 2.40. The summed E-state index contributed by atoms with van der Waals surface area (Å²) in [5.74, 6) is 0. The molecule has 0 fully saturated rings. The van der Waals surface area contributed by atoms with Gasteiger partial charge in [-0.05, 0) is 41.8 Å². The van der Waals surface area contributed by atoms with Gasteiger partial charge in [-0.2, -0.15) is 13.2 Å². The van der Waals surface area contributed by atoms with Crippen molar-refractivity contribution >= 4 is 33.8 Å². The molecule has 9 heteroatoms. The molecule has 1 aliphatic heterocycles. The second kappa shape index (κ2) is 7.45. The Bertz CT molecular complexity index is 1210. The molecule has 3 aromatic rings. The molecule has 4 rings (SSSR count). The van der Waals surface area contributed by atoms with Gasteiger partial charge in [0, 0.05) is 41.7 Å². The van der Waals surface area contributed by atoms with Crippen molar-refractivity contribution in [1.82, 2.24) is 14.9 Å². The highest BCUT2D eigenvalue weighted by atomic mass is 35.5. The third-order valence-corrected chi connectivity index (χ3v) is 5.48. The van der Waals surface area contributed by atoms with E-state index in [0.717, 1.165) is 11.1 Å². The van der Waals surface area contributed by atoms with Gasteiger partial charge in [-0.3, -0.25) is 9.78 Å². The molecule has 2 aromatic heterocycles. The van der Waals surface area contributed by atoms with Crippen LogP contribution >= 0.6 is 11.6 Å². The van der Waals surface area contributed by atoms with Crippen molar-refractivity contribution in [2.45, 2.75) is 25.7 Å². The number of hydrogen-bond acceptors (Lipinski definition) is 4. The number of aromatic amines is 1. The minimum Gasteiger partial charge on any atom is -0.382 e. The van der Waals surface area contributed by atoms with Crippen molar-refractivity contribution in [1.29, 1.82) is 0 Å². The Kier molecular flexibility index (Phi) is 5.07. The van der Waals surface area contributed by atoms with E-state index in [4.69, 9.17) is 11.6 Å². The summed E-state index contributed by atoms with van der Waals surface area (Å²) in [6, 6.07) is 8.12. The molecule has 1 atom stereocenters. The van der Waals surface area contributed by atoms with Crippen molar-refractivity contribution in [2.24, 2.45) is 0 Å². The number of rotatable bonds is 3. The van der Waals surface area contributed by atoms with E-state index < -0.39 is 18.8 Å². The van der Waals surface area contributed by atoms with Crippen molar-refractivity contribution in [3.8, 4) is 0 Å². The maximum Gasteiger partial charge on any atom is 0.416 e. The number of β-amino-alcohol motifs (C(OH)–C–C–N with tert-alkyl or cyclic N) is 1. The van der Waals surface area contributed by atoms with Crippen LogP contribution in [0.2, 0.25) is 5.02 Å². The molecule has 0 amide bonds. The predicted octanol–water partition coefficient (Wildman–Crippen LogP) is 4.20. The lowest BCUT2D eigenvalue weighted by molar-refractivity contribution is -0.206. The van der Waals surface area contributed by atoms with Gasteiger partial charge in [0.2, 0.25) is 5.56 Å². The molecule has 5 nitrogen and oxygen atoms in total. The Labute approximate surface area is 174 Å². The number of hydrogen-bond donors (Lipinski definition) is 2. The second-order valence-electron chi connectivity index (χ2n) is 7.15. The van der Waals surface area contributed by atoms with Crippen LogP contribution in [-0.2, 0) is 6.54 Å². The van der Waals surface area contributed by atoms with Crippen LogP contribution in [0, 0.1) is 0 Å². The first-order valence-corrected chi connectivity index (χ1v) is 9.50. The van der Waals surface area contributed by atoms with Crippen LogP contribution in [0.5, 0.6) is 0 Å². The lowest BCUT2D eigenvalue weighted by Gasteiger charge is -2.36. The lowest BCUT2D eigenvalue weighted by Crippen LogP contribution is -2.41. The normalized spacial score (nSPS) is 15.5. The van der Waals surface area contributed by atoms with Crippen LogP contribution in [0.1, 0.15) is 23.6 Å². The molecule has 0 saturated carbocycles. The van der Waals surface area contributed by atoms with Crippen LogP contribution in [0.4, 0.5) is 13.2 Å². The zero-order chi connectivity index (χ0) is 21.6. The fourth-order valence-corrected chi connectivity index (χ4v) is 4.23. The minimum atomic E-state index is -4.73. The van der Waals surface area contributed by atoms with E-state index in [9.17, 15) is 23.1 Å². The average molecular weight is 436 g/mol. The Morgan fingerprint density at radius 3 is 2.63 bits per heavy atom. The first-order chi connectivity index (χ1) is 14.2. The number of benzene rings is 1. The average Bonchev–Trinajstić information content (AvgIpc) is 2.67. The van der Waals surface area contributed by atoms with Crippen LogP contribution in [-0.4, -0.2) is 38.8 Å². The number of allylic oxidation sites excluding steroid dienone is 1. The molecule has 0 saturated heterocycles. The van der Waals surface area contributed by atoms with Gasteiger partial charge in [0.05, 0.1) is 17.1 Å². The van der Waals surface area contributed by atoms with E-state index in [2.05, 4.69) is 9.97 Å². The molecule has 30 heavy (non-hydrogen) atoms. The number of aliphatic hydroxyl groups is 1. The molecular weight excluding hydrogens is 419 g/mol.